The van der Waals surface area contributed by atoms with Gasteiger partial charge >= 0.3 is 18.4 Å². The van der Waals surface area contributed by atoms with E-state index in [1.54, 1.807) is 4.90 Å². The maximum absolute atomic E-state index is 13.0. The van der Waals surface area contributed by atoms with E-state index in [9.17, 15) is 31.1 Å². The van der Waals surface area contributed by atoms with Gasteiger partial charge in [-0.3, -0.25) is 4.79 Å². The quantitative estimate of drug-likeness (QED) is 0.442. The molecule has 3 aromatic rings. The monoisotopic (exact) mass is 511 g/mol. The predicted molar refractivity (Wildman–Crippen MR) is 117 cm³/mol. The molecule has 190 valence electrons. The number of hydrogen-bond acceptors (Lipinski definition) is 6. The van der Waals surface area contributed by atoms with Crippen molar-refractivity contribution in [3.8, 4) is 17.4 Å². The number of aromatic nitrogens is 3. The fraction of sp³-hybridized carbons (Fsp3) is 0.304. The Bertz CT molecular complexity index is 1220. The van der Waals surface area contributed by atoms with E-state index in [1.807, 2.05) is 0 Å². The molecule has 0 unspecified atom stereocenters. The minimum atomic E-state index is -4.67. The maximum atomic E-state index is 13.0. The first-order chi connectivity index (χ1) is 17.0. The van der Waals surface area contributed by atoms with Crippen molar-refractivity contribution in [2.24, 2.45) is 0 Å². The van der Waals surface area contributed by atoms with Crippen LogP contribution in [0.25, 0.3) is 11.4 Å². The second kappa shape index (κ2) is 9.99. The summed E-state index contributed by atoms with van der Waals surface area (Å²) in [5.74, 6) is -0.568. The summed E-state index contributed by atoms with van der Waals surface area (Å²) in [6.45, 7) is -0.347. The highest BCUT2D eigenvalue weighted by molar-refractivity contribution is 5.94. The van der Waals surface area contributed by atoms with Crippen molar-refractivity contribution < 1.29 is 35.9 Å². The molecule has 0 aliphatic carbocycles. The topological polar surface area (TPSA) is 80.2 Å². The number of hydrogen-bond donors (Lipinski definition) is 1. The van der Waals surface area contributed by atoms with Crippen molar-refractivity contribution >= 4 is 17.5 Å². The van der Waals surface area contributed by atoms with Gasteiger partial charge in [-0.25, -0.2) is 0 Å². The maximum Gasteiger partial charge on any atom is 0.422 e. The van der Waals surface area contributed by atoms with Crippen LogP contribution >= 0.6 is 0 Å². The standard InChI is InChI=1S/C23H19F6N5O2/c24-22(25,26)13-36-21-32-18(14-6-8-15(9-7-14)19(35)34-10-1-2-11-34)31-20(33-21)30-17-5-3-4-16(12-17)23(27,28)29/h3-9,12H,1-2,10-11,13H2,(H,30,31,32,33). The third-order valence-electron chi connectivity index (χ3n) is 5.21. The van der Waals surface area contributed by atoms with Crippen LogP contribution in [0.1, 0.15) is 28.8 Å². The number of likely N-dealkylation sites (tertiary alicyclic amines) is 1. The Morgan fingerprint density at radius 1 is 0.944 bits per heavy atom. The summed E-state index contributed by atoms with van der Waals surface area (Å²) in [7, 11) is 0. The van der Waals surface area contributed by atoms with Crippen molar-refractivity contribution in [1.82, 2.24) is 19.9 Å². The molecule has 4 rings (SSSR count). The fourth-order valence-corrected chi connectivity index (χ4v) is 3.52. The van der Waals surface area contributed by atoms with Gasteiger partial charge in [0.2, 0.25) is 5.95 Å². The molecular formula is C23H19F6N5O2. The third kappa shape index (κ3) is 6.40. The Morgan fingerprint density at radius 3 is 2.28 bits per heavy atom. The molecule has 1 amide bonds. The molecule has 1 N–H and O–H groups in total. The Balaban J connectivity index is 1.63. The number of ether oxygens (including phenoxy) is 1. The van der Waals surface area contributed by atoms with Crippen LogP contribution in [0.15, 0.2) is 48.5 Å². The average Bonchev–Trinajstić information content (AvgIpc) is 3.37. The highest BCUT2D eigenvalue weighted by atomic mass is 19.4. The summed E-state index contributed by atoms with van der Waals surface area (Å²) < 4.78 is 81.7. The van der Waals surface area contributed by atoms with Crippen LogP contribution in [-0.2, 0) is 6.18 Å². The van der Waals surface area contributed by atoms with E-state index in [0.29, 0.717) is 24.2 Å². The molecular weight excluding hydrogens is 492 g/mol. The van der Waals surface area contributed by atoms with Crippen molar-refractivity contribution in [3.63, 3.8) is 0 Å². The normalized spacial score (nSPS) is 14.1. The number of halogens is 6. The number of benzene rings is 2. The lowest BCUT2D eigenvalue weighted by Crippen LogP contribution is -2.27. The molecule has 7 nitrogen and oxygen atoms in total. The fourth-order valence-electron chi connectivity index (χ4n) is 3.52. The third-order valence-corrected chi connectivity index (χ3v) is 5.21. The summed E-state index contributed by atoms with van der Waals surface area (Å²) >= 11 is 0. The molecule has 0 spiro atoms. The van der Waals surface area contributed by atoms with Crippen LogP contribution in [0.2, 0.25) is 0 Å². The molecule has 1 aromatic heterocycles. The van der Waals surface area contributed by atoms with E-state index in [0.717, 1.165) is 31.0 Å². The van der Waals surface area contributed by atoms with E-state index < -0.39 is 30.5 Å². The number of amides is 1. The van der Waals surface area contributed by atoms with Gasteiger partial charge in [0.05, 0.1) is 5.56 Å². The van der Waals surface area contributed by atoms with Gasteiger partial charge in [-0.1, -0.05) is 18.2 Å². The van der Waals surface area contributed by atoms with Crippen LogP contribution in [0.3, 0.4) is 0 Å². The molecule has 0 bridgehead atoms. The Labute approximate surface area is 201 Å². The number of anilines is 2. The van der Waals surface area contributed by atoms with Crippen LogP contribution in [-0.4, -0.2) is 51.6 Å². The number of nitrogens with one attached hydrogen (secondary N) is 1. The van der Waals surface area contributed by atoms with E-state index in [1.165, 1.54) is 30.3 Å². The van der Waals surface area contributed by atoms with E-state index in [4.69, 9.17) is 0 Å². The Morgan fingerprint density at radius 2 is 1.64 bits per heavy atom. The zero-order valence-corrected chi connectivity index (χ0v) is 18.5. The van der Waals surface area contributed by atoms with Crippen LogP contribution in [0.5, 0.6) is 6.01 Å². The van der Waals surface area contributed by atoms with Crippen molar-refractivity contribution in [2.75, 3.05) is 25.0 Å². The summed E-state index contributed by atoms with van der Waals surface area (Å²) in [6.07, 6.45) is -7.41. The first-order valence-electron chi connectivity index (χ1n) is 10.8. The zero-order chi connectivity index (χ0) is 25.9. The lowest BCUT2D eigenvalue weighted by molar-refractivity contribution is -0.154. The summed E-state index contributed by atoms with van der Waals surface area (Å²) in [4.78, 5) is 26.0. The second-order valence-electron chi connectivity index (χ2n) is 7.95. The van der Waals surface area contributed by atoms with Gasteiger partial charge in [0.25, 0.3) is 5.91 Å². The smallest absolute Gasteiger partial charge is 0.422 e. The minimum Gasteiger partial charge on any atom is -0.454 e. The Kier molecular flexibility index (Phi) is 7.00. The zero-order valence-electron chi connectivity index (χ0n) is 18.5. The molecule has 1 fully saturated rings. The molecule has 1 aliphatic rings. The number of rotatable bonds is 6. The van der Waals surface area contributed by atoms with E-state index in [-0.39, 0.29) is 23.4 Å². The number of carbonyl (C=O) groups is 1. The Hall–Kier alpha value is -3.90. The molecule has 0 atom stereocenters. The largest absolute Gasteiger partial charge is 0.454 e. The molecule has 2 heterocycles. The van der Waals surface area contributed by atoms with Crippen molar-refractivity contribution in [1.29, 1.82) is 0 Å². The number of carbonyl (C=O) groups excluding carboxylic acids is 1. The van der Waals surface area contributed by atoms with Crippen LogP contribution < -0.4 is 10.1 Å². The van der Waals surface area contributed by atoms with Gasteiger partial charge in [-0.2, -0.15) is 41.3 Å². The molecule has 0 radical (unpaired) electrons. The molecule has 1 aliphatic heterocycles. The van der Waals surface area contributed by atoms with Gasteiger partial charge < -0.3 is 15.0 Å². The van der Waals surface area contributed by atoms with Gasteiger partial charge in [0, 0.05) is 29.9 Å². The van der Waals surface area contributed by atoms with E-state index in [2.05, 4.69) is 25.0 Å². The lowest BCUT2D eigenvalue weighted by atomic mass is 10.1. The van der Waals surface area contributed by atoms with Crippen molar-refractivity contribution in [2.45, 2.75) is 25.2 Å². The SMILES string of the molecule is O=C(c1ccc(-c2nc(Nc3cccc(C(F)(F)F)c3)nc(OCC(F)(F)F)n2)cc1)N1CCCC1. The molecule has 36 heavy (non-hydrogen) atoms. The molecule has 2 aromatic carbocycles. The van der Waals surface area contributed by atoms with Gasteiger partial charge in [0.15, 0.2) is 12.4 Å². The average molecular weight is 511 g/mol. The van der Waals surface area contributed by atoms with Crippen LogP contribution in [0, 0.1) is 0 Å². The first kappa shape index (κ1) is 25.2. The summed E-state index contributed by atoms with van der Waals surface area (Å²) in [6, 6.07) is 9.57. The summed E-state index contributed by atoms with van der Waals surface area (Å²) in [5.41, 5.74) is -0.228. The molecule has 0 saturated carbocycles. The van der Waals surface area contributed by atoms with Crippen molar-refractivity contribution in [3.05, 3.63) is 59.7 Å². The number of alkyl halides is 6. The number of nitrogens with zero attached hydrogens (tertiary/aromatic N) is 4. The molecule has 13 heteroatoms. The summed E-state index contributed by atoms with van der Waals surface area (Å²) in [5, 5.41) is 2.55. The van der Waals surface area contributed by atoms with Gasteiger partial charge in [-0.05, 0) is 43.2 Å². The highest BCUT2D eigenvalue weighted by Gasteiger charge is 2.31. The first-order valence-corrected chi connectivity index (χ1v) is 10.8. The highest BCUT2D eigenvalue weighted by Crippen LogP contribution is 2.31. The lowest BCUT2D eigenvalue weighted by Gasteiger charge is -2.15. The predicted octanol–water partition coefficient (Wildman–Crippen LogP) is 5.48. The van der Waals surface area contributed by atoms with Crippen LogP contribution in [0.4, 0.5) is 38.0 Å². The van der Waals surface area contributed by atoms with Gasteiger partial charge in [-0.15, -0.1) is 0 Å². The van der Waals surface area contributed by atoms with E-state index >= 15 is 0 Å². The second-order valence-corrected chi connectivity index (χ2v) is 7.95. The minimum absolute atomic E-state index is 0.0460. The molecule has 1 saturated heterocycles. The van der Waals surface area contributed by atoms with Gasteiger partial charge in [0.1, 0.15) is 0 Å².